The Bertz CT molecular complexity index is 1050. The molecule has 0 unspecified atom stereocenters. The van der Waals surface area contributed by atoms with Crippen LogP contribution in [0.5, 0.6) is 5.75 Å². The normalized spacial score (nSPS) is 11.4. The highest BCUT2D eigenvalue weighted by atomic mass is 35.5. The van der Waals surface area contributed by atoms with Crippen molar-refractivity contribution in [3.05, 3.63) is 56.3 Å². The van der Waals surface area contributed by atoms with E-state index in [0.29, 0.717) is 33.9 Å². The van der Waals surface area contributed by atoms with Gasteiger partial charge >= 0.3 is 0 Å². The fourth-order valence-electron chi connectivity index (χ4n) is 2.68. The molecule has 0 saturated heterocycles. The third-order valence-corrected chi connectivity index (χ3v) is 4.98. The highest BCUT2D eigenvalue weighted by Gasteiger charge is 2.23. The maximum atomic E-state index is 6.36. The van der Waals surface area contributed by atoms with Gasteiger partial charge in [-0.25, -0.2) is 4.98 Å². The first-order valence-electron chi connectivity index (χ1n) is 7.48. The largest absolute Gasteiger partial charge is 0.480 e. The lowest BCUT2D eigenvalue weighted by atomic mass is 10.1. The first kappa shape index (κ1) is 16.4. The van der Waals surface area contributed by atoms with Gasteiger partial charge in [0.15, 0.2) is 0 Å². The smallest absolute Gasteiger partial charge is 0.266 e. The molecule has 4 aromatic rings. The molecule has 0 spiro atoms. The second-order valence-corrected chi connectivity index (χ2v) is 7.09. The summed E-state index contributed by atoms with van der Waals surface area (Å²) in [4.78, 5) is 4.22. The molecule has 0 aliphatic heterocycles. The van der Waals surface area contributed by atoms with Crippen molar-refractivity contribution in [2.45, 2.75) is 20.5 Å². The van der Waals surface area contributed by atoms with Crippen molar-refractivity contribution in [2.75, 3.05) is 0 Å². The van der Waals surface area contributed by atoms with E-state index in [2.05, 4.69) is 10.1 Å². The first-order chi connectivity index (χ1) is 12.0. The summed E-state index contributed by atoms with van der Waals surface area (Å²) in [5, 5.41) is 7.63. The molecule has 8 heteroatoms. The molecule has 0 saturated carbocycles. The highest BCUT2D eigenvalue weighted by molar-refractivity contribution is 7.07. The Morgan fingerprint density at radius 2 is 2.12 bits per heavy atom. The number of aryl methyl sites for hydroxylation is 2. The molecule has 0 radical (unpaired) electrons. The first-order valence-corrected chi connectivity index (χ1v) is 9.18. The quantitative estimate of drug-likeness (QED) is 0.455. The van der Waals surface area contributed by atoms with Gasteiger partial charge in [0.1, 0.15) is 23.8 Å². The predicted molar refractivity (Wildman–Crippen MR) is 98.8 cm³/mol. The minimum atomic E-state index is 0.364. The summed E-state index contributed by atoms with van der Waals surface area (Å²) in [6.07, 6.45) is 0. The fraction of sp³-hybridized carbons (Fsp3) is 0.176. The third-order valence-electron chi connectivity index (χ3n) is 3.79. The van der Waals surface area contributed by atoms with Crippen LogP contribution in [0.25, 0.3) is 17.0 Å². The second kappa shape index (κ2) is 6.37. The summed E-state index contributed by atoms with van der Waals surface area (Å²) in [6, 6.07) is 5.35. The Morgan fingerprint density at radius 3 is 2.84 bits per heavy atom. The second-order valence-electron chi connectivity index (χ2n) is 5.53. The van der Waals surface area contributed by atoms with Crippen molar-refractivity contribution in [3.8, 4) is 17.0 Å². The maximum Gasteiger partial charge on any atom is 0.266 e. The Balaban J connectivity index is 1.79. The maximum absolute atomic E-state index is 6.36. The van der Waals surface area contributed by atoms with Gasteiger partial charge in [0, 0.05) is 16.0 Å². The number of rotatable bonds is 4. The van der Waals surface area contributed by atoms with Crippen LogP contribution in [0.2, 0.25) is 10.0 Å². The van der Waals surface area contributed by atoms with Gasteiger partial charge in [-0.2, -0.15) is 9.61 Å². The Labute approximate surface area is 157 Å². The topological polar surface area (TPSA) is 52.6 Å². The van der Waals surface area contributed by atoms with Crippen LogP contribution >= 0.6 is 34.5 Å². The lowest BCUT2D eigenvalue weighted by molar-refractivity contribution is 0.298. The Kier molecular flexibility index (Phi) is 4.19. The molecule has 25 heavy (non-hydrogen) atoms. The summed E-state index contributed by atoms with van der Waals surface area (Å²) < 4.78 is 13.5. The number of halogens is 2. The lowest BCUT2D eigenvalue weighted by Crippen LogP contribution is -1.95. The molecule has 0 aliphatic carbocycles. The van der Waals surface area contributed by atoms with Crippen molar-refractivity contribution in [3.63, 3.8) is 0 Å². The number of ether oxygens (including phenoxy) is 1. The monoisotopic (exact) mass is 393 g/mol. The number of hydrogen-bond donors (Lipinski definition) is 0. The molecular weight excluding hydrogens is 381 g/mol. The molecule has 0 aliphatic rings. The molecule has 4 rings (SSSR count). The summed E-state index contributed by atoms with van der Waals surface area (Å²) in [5.41, 5.74) is 5.51. The van der Waals surface area contributed by atoms with Gasteiger partial charge in [-0.3, -0.25) is 0 Å². The molecule has 5 nitrogen and oxygen atoms in total. The molecule has 0 amide bonds. The van der Waals surface area contributed by atoms with Crippen LogP contribution in [0.15, 0.2) is 33.5 Å². The van der Waals surface area contributed by atoms with Gasteiger partial charge in [-0.1, -0.05) is 23.2 Å². The standard InChI is InChI=1S/C17H13Cl2N3O2S/c1-9-16(23-6-12-7-25-8-20-12)17-22(21-9)15(10(2)24-17)13-4-3-11(18)5-14(13)19/h3-5,7-8H,6H2,1-2H3. The molecule has 0 bridgehead atoms. The van der Waals surface area contributed by atoms with Gasteiger partial charge in [0.05, 0.1) is 16.2 Å². The summed E-state index contributed by atoms with van der Waals surface area (Å²) in [7, 11) is 0. The fourth-order valence-corrected chi connectivity index (χ4v) is 3.72. The number of benzene rings is 1. The number of oxazole rings is 1. The Morgan fingerprint density at radius 1 is 1.28 bits per heavy atom. The van der Waals surface area contributed by atoms with Crippen molar-refractivity contribution in [1.29, 1.82) is 0 Å². The Hall–Kier alpha value is -2.02. The summed E-state index contributed by atoms with van der Waals surface area (Å²) in [5.74, 6) is 1.30. The van der Waals surface area contributed by atoms with Gasteiger partial charge < -0.3 is 9.15 Å². The van der Waals surface area contributed by atoms with E-state index in [1.165, 1.54) is 11.3 Å². The molecule has 128 valence electrons. The van der Waals surface area contributed by atoms with E-state index in [4.69, 9.17) is 32.4 Å². The van der Waals surface area contributed by atoms with E-state index in [1.807, 2.05) is 25.3 Å². The zero-order chi connectivity index (χ0) is 17.6. The van der Waals surface area contributed by atoms with Crippen molar-refractivity contribution >= 4 is 40.3 Å². The van der Waals surface area contributed by atoms with Crippen molar-refractivity contribution in [2.24, 2.45) is 0 Å². The summed E-state index contributed by atoms with van der Waals surface area (Å²) in [6.45, 7) is 4.11. The van der Waals surface area contributed by atoms with Gasteiger partial charge in [0.2, 0.25) is 5.75 Å². The van der Waals surface area contributed by atoms with Gasteiger partial charge in [-0.15, -0.1) is 11.3 Å². The highest BCUT2D eigenvalue weighted by Crippen LogP contribution is 2.37. The molecule has 1 aromatic carbocycles. The molecule has 3 aromatic heterocycles. The van der Waals surface area contributed by atoms with E-state index in [9.17, 15) is 0 Å². The number of aromatic nitrogens is 3. The van der Waals surface area contributed by atoms with Crippen LogP contribution in [0, 0.1) is 13.8 Å². The SMILES string of the molecule is Cc1nn2c(-c3ccc(Cl)cc3Cl)c(C)oc2c1OCc1cscn1. The van der Waals surface area contributed by atoms with E-state index in [-0.39, 0.29) is 0 Å². The number of hydrogen-bond acceptors (Lipinski definition) is 5. The lowest BCUT2D eigenvalue weighted by Gasteiger charge is -2.03. The van der Waals surface area contributed by atoms with Crippen molar-refractivity contribution < 1.29 is 9.15 Å². The number of fused-ring (bicyclic) bond motifs is 1. The van der Waals surface area contributed by atoms with Crippen LogP contribution in [-0.4, -0.2) is 14.6 Å². The van der Waals surface area contributed by atoms with Gasteiger partial charge in [-0.05, 0) is 32.0 Å². The molecule has 0 atom stereocenters. The average Bonchev–Trinajstić information content (AvgIpc) is 3.24. The van der Waals surface area contributed by atoms with Crippen LogP contribution in [0.4, 0.5) is 0 Å². The molecular formula is C17H13Cl2N3O2S. The van der Waals surface area contributed by atoms with Crippen LogP contribution < -0.4 is 4.74 Å². The van der Waals surface area contributed by atoms with E-state index in [0.717, 1.165) is 22.6 Å². The van der Waals surface area contributed by atoms with E-state index >= 15 is 0 Å². The minimum Gasteiger partial charge on any atom is -0.480 e. The van der Waals surface area contributed by atoms with E-state index < -0.39 is 0 Å². The van der Waals surface area contributed by atoms with Gasteiger partial charge in [0.25, 0.3) is 5.71 Å². The number of nitrogens with zero attached hydrogens (tertiary/aromatic N) is 3. The third kappa shape index (κ3) is 2.90. The summed E-state index contributed by atoms with van der Waals surface area (Å²) >= 11 is 13.9. The van der Waals surface area contributed by atoms with Crippen molar-refractivity contribution in [1.82, 2.24) is 14.6 Å². The average molecular weight is 394 g/mol. The van der Waals surface area contributed by atoms with Crippen LogP contribution in [0.1, 0.15) is 17.1 Å². The predicted octanol–water partition coefficient (Wildman–Crippen LogP) is 5.55. The molecule has 0 N–H and O–H groups in total. The minimum absolute atomic E-state index is 0.364. The zero-order valence-electron chi connectivity index (χ0n) is 13.4. The zero-order valence-corrected chi connectivity index (χ0v) is 15.7. The van der Waals surface area contributed by atoms with E-state index in [1.54, 1.807) is 22.2 Å². The molecule has 3 heterocycles. The number of thiazole rings is 1. The van der Waals surface area contributed by atoms with Crippen LogP contribution in [0.3, 0.4) is 0 Å². The molecule has 0 fully saturated rings. The van der Waals surface area contributed by atoms with Crippen LogP contribution in [-0.2, 0) is 6.61 Å².